The minimum absolute atomic E-state index is 0.0124. The molecule has 7 nitrogen and oxygen atoms in total. The number of rotatable bonds is 4. The van der Waals surface area contributed by atoms with Gasteiger partial charge in [-0.2, -0.15) is 0 Å². The van der Waals surface area contributed by atoms with Crippen molar-refractivity contribution in [2.24, 2.45) is 5.73 Å². The molecule has 2 aliphatic rings. The summed E-state index contributed by atoms with van der Waals surface area (Å²) in [5.41, 5.74) is 6.13. The van der Waals surface area contributed by atoms with E-state index >= 15 is 0 Å². The molecule has 158 valence electrons. The highest BCUT2D eigenvalue weighted by molar-refractivity contribution is 7.91. The molecule has 0 radical (unpaired) electrons. The molecule has 0 saturated heterocycles. The Hall–Kier alpha value is -2.49. The second-order valence-corrected chi connectivity index (χ2v) is 9.93. The zero-order chi connectivity index (χ0) is 21.6. The Labute approximate surface area is 177 Å². The van der Waals surface area contributed by atoms with E-state index in [-0.39, 0.29) is 28.7 Å². The molecule has 1 fully saturated rings. The Morgan fingerprint density at radius 3 is 2.53 bits per heavy atom. The molecule has 4 rings (SSSR count). The lowest BCUT2D eigenvalue weighted by Gasteiger charge is -2.25. The van der Waals surface area contributed by atoms with Gasteiger partial charge in [-0.1, -0.05) is 23.7 Å². The molecular formula is C20H19ClFN3O4S. The number of nitrogens with one attached hydrogen (secondary N) is 1. The SMILES string of the molecule is N[C@H]1CS(=O)(=O)c2cc(F)c(C(=O)NC3CC3)cc2N(Cc2ccc(Cl)cc2)C1=O. The van der Waals surface area contributed by atoms with Gasteiger partial charge in [-0.15, -0.1) is 0 Å². The third-order valence-electron chi connectivity index (χ3n) is 5.07. The molecule has 0 unspecified atom stereocenters. The van der Waals surface area contributed by atoms with E-state index in [0.29, 0.717) is 10.6 Å². The fourth-order valence-electron chi connectivity index (χ4n) is 3.32. The Balaban J connectivity index is 1.83. The standard InChI is InChI=1S/C20H19ClFN3O4S/c21-12-3-1-11(2-4-12)9-25-17-7-14(19(26)24-13-5-6-13)15(22)8-18(17)30(28,29)10-16(23)20(25)27/h1-4,7-8,13,16H,5-6,9-10,23H2,(H,24,26)/t16-/m0/s1. The third-order valence-corrected chi connectivity index (χ3v) is 7.11. The predicted octanol–water partition coefficient (Wildman–Crippen LogP) is 2.02. The Morgan fingerprint density at radius 2 is 1.90 bits per heavy atom. The first-order chi connectivity index (χ1) is 14.2. The van der Waals surface area contributed by atoms with Crippen molar-refractivity contribution in [3.8, 4) is 0 Å². The van der Waals surface area contributed by atoms with Gasteiger partial charge in [-0.05, 0) is 42.7 Å². The maximum atomic E-state index is 14.7. The van der Waals surface area contributed by atoms with Gasteiger partial charge in [0.2, 0.25) is 5.91 Å². The van der Waals surface area contributed by atoms with Gasteiger partial charge in [-0.3, -0.25) is 9.59 Å². The number of carbonyl (C=O) groups is 2. The van der Waals surface area contributed by atoms with Crippen LogP contribution in [0.3, 0.4) is 0 Å². The summed E-state index contributed by atoms with van der Waals surface area (Å²) in [6, 6.07) is 7.22. The third kappa shape index (κ3) is 4.05. The van der Waals surface area contributed by atoms with E-state index in [2.05, 4.69) is 5.32 Å². The quantitative estimate of drug-likeness (QED) is 0.739. The van der Waals surface area contributed by atoms with Crippen LogP contribution < -0.4 is 16.0 Å². The second-order valence-electron chi connectivity index (χ2n) is 7.49. The van der Waals surface area contributed by atoms with Crippen LogP contribution in [0.5, 0.6) is 0 Å². The van der Waals surface area contributed by atoms with Gasteiger partial charge in [0.1, 0.15) is 5.82 Å². The minimum Gasteiger partial charge on any atom is -0.349 e. The summed E-state index contributed by atoms with van der Waals surface area (Å²) < 4.78 is 40.2. The largest absolute Gasteiger partial charge is 0.349 e. The van der Waals surface area contributed by atoms with Crippen molar-refractivity contribution in [1.82, 2.24) is 5.32 Å². The smallest absolute Gasteiger partial charge is 0.254 e. The average Bonchev–Trinajstić information content (AvgIpc) is 3.50. The molecule has 3 N–H and O–H groups in total. The van der Waals surface area contributed by atoms with Crippen LogP contribution in [0.15, 0.2) is 41.3 Å². The summed E-state index contributed by atoms with van der Waals surface area (Å²) in [6.45, 7) is -0.0124. The van der Waals surface area contributed by atoms with E-state index in [1.165, 1.54) is 4.90 Å². The summed E-state index contributed by atoms with van der Waals surface area (Å²) in [4.78, 5) is 26.2. The van der Waals surface area contributed by atoms with Crippen LogP contribution >= 0.6 is 11.6 Å². The van der Waals surface area contributed by atoms with Crippen molar-refractivity contribution in [3.63, 3.8) is 0 Å². The van der Waals surface area contributed by atoms with E-state index < -0.39 is 39.3 Å². The van der Waals surface area contributed by atoms with Gasteiger partial charge < -0.3 is 16.0 Å². The molecule has 1 aliphatic heterocycles. The number of hydrogen-bond donors (Lipinski definition) is 2. The molecule has 30 heavy (non-hydrogen) atoms. The molecule has 1 aliphatic carbocycles. The van der Waals surface area contributed by atoms with E-state index in [4.69, 9.17) is 17.3 Å². The molecule has 0 bridgehead atoms. The summed E-state index contributed by atoms with van der Waals surface area (Å²) >= 11 is 5.90. The fourth-order valence-corrected chi connectivity index (χ4v) is 5.01. The summed E-state index contributed by atoms with van der Waals surface area (Å²) in [5.74, 6) is -2.90. The zero-order valence-corrected chi connectivity index (χ0v) is 17.3. The number of hydrogen-bond acceptors (Lipinski definition) is 5. The number of halogens is 2. The van der Waals surface area contributed by atoms with Crippen molar-refractivity contribution < 1.29 is 22.4 Å². The molecule has 0 aromatic heterocycles. The highest BCUT2D eigenvalue weighted by atomic mass is 35.5. The van der Waals surface area contributed by atoms with Crippen LogP contribution in [0, 0.1) is 5.82 Å². The van der Waals surface area contributed by atoms with Crippen LogP contribution in [0.4, 0.5) is 10.1 Å². The van der Waals surface area contributed by atoms with Crippen molar-refractivity contribution in [2.45, 2.75) is 36.4 Å². The highest BCUT2D eigenvalue weighted by Gasteiger charge is 2.37. The van der Waals surface area contributed by atoms with E-state index in [1.807, 2.05) is 0 Å². The van der Waals surface area contributed by atoms with E-state index in [0.717, 1.165) is 25.0 Å². The molecule has 2 aromatic rings. The predicted molar refractivity (Wildman–Crippen MR) is 110 cm³/mol. The summed E-state index contributed by atoms with van der Waals surface area (Å²) in [7, 11) is -4.05. The van der Waals surface area contributed by atoms with Gasteiger partial charge in [-0.25, -0.2) is 12.8 Å². The summed E-state index contributed by atoms with van der Waals surface area (Å²) in [6.07, 6.45) is 1.62. The van der Waals surface area contributed by atoms with E-state index in [1.54, 1.807) is 24.3 Å². The first-order valence-corrected chi connectivity index (χ1v) is 11.4. The van der Waals surface area contributed by atoms with Crippen LogP contribution in [0.25, 0.3) is 0 Å². The number of nitrogens with two attached hydrogens (primary N) is 1. The number of nitrogens with zero attached hydrogens (tertiary/aromatic N) is 1. The Morgan fingerprint density at radius 1 is 1.23 bits per heavy atom. The monoisotopic (exact) mass is 451 g/mol. The number of benzene rings is 2. The topological polar surface area (TPSA) is 110 Å². The lowest BCUT2D eigenvalue weighted by atomic mass is 10.1. The molecule has 1 heterocycles. The van der Waals surface area contributed by atoms with Gasteiger partial charge in [0.15, 0.2) is 9.84 Å². The van der Waals surface area contributed by atoms with Crippen LogP contribution in [0.1, 0.15) is 28.8 Å². The van der Waals surface area contributed by atoms with Gasteiger partial charge in [0, 0.05) is 11.1 Å². The minimum atomic E-state index is -4.05. The van der Waals surface area contributed by atoms with E-state index in [9.17, 15) is 22.4 Å². The maximum absolute atomic E-state index is 14.7. The van der Waals surface area contributed by atoms with Gasteiger partial charge in [0.05, 0.1) is 34.5 Å². The van der Waals surface area contributed by atoms with Gasteiger partial charge in [0.25, 0.3) is 5.91 Å². The number of amides is 2. The average molecular weight is 452 g/mol. The fraction of sp³-hybridized carbons (Fsp3) is 0.300. The highest BCUT2D eigenvalue weighted by Crippen LogP contribution is 2.34. The van der Waals surface area contributed by atoms with Crippen molar-refractivity contribution in [3.05, 3.63) is 58.4 Å². The zero-order valence-electron chi connectivity index (χ0n) is 15.8. The number of sulfone groups is 1. The van der Waals surface area contributed by atoms with Crippen molar-refractivity contribution >= 4 is 38.9 Å². The maximum Gasteiger partial charge on any atom is 0.254 e. The normalized spacial score (nSPS) is 20.4. The first-order valence-electron chi connectivity index (χ1n) is 9.34. The molecule has 0 spiro atoms. The number of fused-ring (bicyclic) bond motifs is 1. The van der Waals surface area contributed by atoms with Crippen LogP contribution in [0.2, 0.25) is 5.02 Å². The molecule has 2 aromatic carbocycles. The molecule has 1 saturated carbocycles. The molecule has 10 heteroatoms. The number of anilines is 1. The molecular weight excluding hydrogens is 433 g/mol. The number of carbonyl (C=O) groups excluding carboxylic acids is 2. The Bertz CT molecular complexity index is 1130. The second kappa shape index (κ2) is 7.64. The first kappa shape index (κ1) is 20.8. The molecule has 1 atom stereocenters. The molecule has 2 amide bonds. The van der Waals surface area contributed by atoms with Crippen LogP contribution in [-0.2, 0) is 21.2 Å². The Kier molecular flexibility index (Phi) is 5.29. The van der Waals surface area contributed by atoms with Crippen LogP contribution in [-0.4, -0.2) is 38.1 Å². The summed E-state index contributed by atoms with van der Waals surface area (Å²) in [5, 5.41) is 3.18. The lowest BCUT2D eigenvalue weighted by Crippen LogP contribution is -2.45. The van der Waals surface area contributed by atoms with Crippen molar-refractivity contribution in [2.75, 3.05) is 10.7 Å². The van der Waals surface area contributed by atoms with Crippen molar-refractivity contribution in [1.29, 1.82) is 0 Å². The lowest BCUT2D eigenvalue weighted by molar-refractivity contribution is -0.119. The van der Waals surface area contributed by atoms with Gasteiger partial charge >= 0.3 is 0 Å².